The molecule has 0 saturated carbocycles. The van der Waals surface area contributed by atoms with Crippen LogP contribution in [0.4, 0.5) is 5.69 Å². The highest BCUT2D eigenvalue weighted by Gasteiger charge is 2.05. The van der Waals surface area contributed by atoms with Gasteiger partial charge in [0.05, 0.1) is 19.0 Å². The average molecular weight is 287 g/mol. The van der Waals surface area contributed by atoms with Crippen molar-refractivity contribution in [3.8, 4) is 5.75 Å². The number of nitrogens with two attached hydrogens (primary N) is 1. The van der Waals surface area contributed by atoms with Crippen LogP contribution in [-0.2, 0) is 6.42 Å². The molecule has 4 nitrogen and oxygen atoms in total. The molecule has 0 aliphatic rings. The van der Waals surface area contributed by atoms with Crippen molar-refractivity contribution in [2.24, 2.45) is 5.73 Å². The molecule has 104 valence electrons. The topological polar surface area (TPSA) is 60.2 Å². The predicted molar refractivity (Wildman–Crippen MR) is 85.3 cm³/mol. The summed E-state index contributed by atoms with van der Waals surface area (Å²) in [6.45, 7) is 0.752. The molecule has 1 heterocycles. The zero-order chi connectivity index (χ0) is 14.4. The maximum Gasteiger partial charge on any atom is 0.122 e. The number of nitrogens with zero attached hydrogens (tertiary/aromatic N) is 1. The molecular weight excluding hydrogens is 270 g/mol. The van der Waals surface area contributed by atoms with Gasteiger partial charge in [-0.3, -0.25) is 4.98 Å². The number of hydrogen-bond acceptors (Lipinski definition) is 4. The second kappa shape index (κ2) is 6.86. The zero-order valence-electron chi connectivity index (χ0n) is 11.3. The van der Waals surface area contributed by atoms with E-state index in [0.717, 1.165) is 35.5 Å². The van der Waals surface area contributed by atoms with Crippen molar-refractivity contribution in [2.45, 2.75) is 6.42 Å². The smallest absolute Gasteiger partial charge is 0.122 e. The fourth-order valence-electron chi connectivity index (χ4n) is 1.99. The van der Waals surface area contributed by atoms with Gasteiger partial charge in [0, 0.05) is 18.3 Å². The van der Waals surface area contributed by atoms with Gasteiger partial charge in [-0.15, -0.1) is 0 Å². The molecule has 0 fully saturated rings. The Morgan fingerprint density at radius 3 is 2.90 bits per heavy atom. The van der Waals surface area contributed by atoms with Crippen LogP contribution in [0.3, 0.4) is 0 Å². The molecule has 0 saturated heterocycles. The van der Waals surface area contributed by atoms with Crippen LogP contribution in [0, 0.1) is 0 Å². The lowest BCUT2D eigenvalue weighted by Crippen LogP contribution is -2.15. The molecule has 2 aromatic rings. The minimum absolute atomic E-state index is 0.368. The number of thiocarbonyl (C=S) groups is 1. The first kappa shape index (κ1) is 14.3. The number of anilines is 1. The van der Waals surface area contributed by atoms with Crippen molar-refractivity contribution < 1.29 is 4.74 Å². The molecule has 3 N–H and O–H groups in total. The van der Waals surface area contributed by atoms with E-state index in [4.69, 9.17) is 22.7 Å². The fraction of sp³-hybridized carbons (Fsp3) is 0.200. The van der Waals surface area contributed by atoms with Gasteiger partial charge >= 0.3 is 0 Å². The van der Waals surface area contributed by atoms with Crippen molar-refractivity contribution in [3.63, 3.8) is 0 Å². The predicted octanol–water partition coefficient (Wildman–Crippen LogP) is 2.38. The minimum atomic E-state index is 0.368. The number of ether oxygens (including phenoxy) is 1. The molecule has 0 atom stereocenters. The number of benzene rings is 1. The van der Waals surface area contributed by atoms with Crippen LogP contribution in [0.2, 0.25) is 0 Å². The Bertz CT molecular complexity index is 601. The summed E-state index contributed by atoms with van der Waals surface area (Å²) >= 11 is 5.02. The van der Waals surface area contributed by atoms with Gasteiger partial charge in [0.25, 0.3) is 0 Å². The quantitative estimate of drug-likeness (QED) is 0.799. The summed E-state index contributed by atoms with van der Waals surface area (Å²) in [5.41, 5.74) is 8.51. The third-order valence-corrected chi connectivity index (χ3v) is 3.21. The lowest BCUT2D eigenvalue weighted by atomic mass is 10.1. The van der Waals surface area contributed by atoms with Crippen molar-refractivity contribution in [1.82, 2.24) is 4.98 Å². The molecule has 2 rings (SSSR count). The summed E-state index contributed by atoms with van der Waals surface area (Å²) in [4.78, 5) is 4.45. The van der Waals surface area contributed by atoms with Crippen LogP contribution in [0.5, 0.6) is 5.75 Å². The van der Waals surface area contributed by atoms with E-state index >= 15 is 0 Å². The molecule has 0 bridgehead atoms. The first-order chi connectivity index (χ1) is 9.72. The molecule has 0 aliphatic heterocycles. The second-order valence-electron chi connectivity index (χ2n) is 4.27. The van der Waals surface area contributed by atoms with E-state index in [1.165, 1.54) is 0 Å². The first-order valence-corrected chi connectivity index (χ1v) is 6.72. The van der Waals surface area contributed by atoms with Crippen LogP contribution in [0.25, 0.3) is 0 Å². The van der Waals surface area contributed by atoms with Crippen LogP contribution in [0.1, 0.15) is 11.1 Å². The normalized spacial score (nSPS) is 10.1. The van der Waals surface area contributed by atoms with E-state index < -0.39 is 0 Å². The van der Waals surface area contributed by atoms with Gasteiger partial charge in [-0.1, -0.05) is 30.4 Å². The number of rotatable bonds is 6. The van der Waals surface area contributed by atoms with E-state index in [0.29, 0.717) is 4.99 Å². The van der Waals surface area contributed by atoms with Gasteiger partial charge in [0.1, 0.15) is 10.7 Å². The Hall–Kier alpha value is -2.14. The molecule has 0 amide bonds. The lowest BCUT2D eigenvalue weighted by molar-refractivity contribution is 0.410. The standard InChI is InChI=1S/C15H17N3OS/c1-19-14-5-3-2-4-11(14)6-9-18-13-10-17-8-7-12(13)15(16)20/h2-5,7-8,10,18H,6,9H2,1H3,(H2,16,20). The van der Waals surface area contributed by atoms with E-state index in [9.17, 15) is 0 Å². The Morgan fingerprint density at radius 1 is 1.35 bits per heavy atom. The first-order valence-electron chi connectivity index (χ1n) is 6.32. The molecule has 5 heteroatoms. The van der Waals surface area contributed by atoms with Crippen LogP contribution < -0.4 is 15.8 Å². The van der Waals surface area contributed by atoms with Gasteiger partial charge in [-0.05, 0) is 24.1 Å². The number of para-hydroxylation sites is 1. The number of pyridine rings is 1. The average Bonchev–Trinajstić information content (AvgIpc) is 2.48. The summed E-state index contributed by atoms with van der Waals surface area (Å²) in [5.74, 6) is 0.898. The van der Waals surface area contributed by atoms with E-state index in [2.05, 4.69) is 16.4 Å². The highest BCUT2D eigenvalue weighted by Crippen LogP contribution is 2.18. The highest BCUT2D eigenvalue weighted by atomic mass is 32.1. The van der Waals surface area contributed by atoms with Crippen LogP contribution in [-0.4, -0.2) is 23.6 Å². The largest absolute Gasteiger partial charge is 0.496 e. The minimum Gasteiger partial charge on any atom is -0.496 e. The third-order valence-electron chi connectivity index (χ3n) is 2.99. The van der Waals surface area contributed by atoms with E-state index in [1.54, 1.807) is 19.5 Å². The number of aromatic nitrogens is 1. The van der Waals surface area contributed by atoms with Crippen molar-refractivity contribution in [1.29, 1.82) is 0 Å². The van der Waals surface area contributed by atoms with Gasteiger partial charge in [-0.2, -0.15) is 0 Å². The van der Waals surface area contributed by atoms with Crippen molar-refractivity contribution in [3.05, 3.63) is 53.9 Å². The van der Waals surface area contributed by atoms with Crippen molar-refractivity contribution in [2.75, 3.05) is 19.0 Å². The molecule has 0 spiro atoms. The van der Waals surface area contributed by atoms with E-state index in [-0.39, 0.29) is 0 Å². The highest BCUT2D eigenvalue weighted by molar-refractivity contribution is 7.80. The molecule has 0 aliphatic carbocycles. The number of nitrogens with one attached hydrogen (secondary N) is 1. The molecule has 1 aromatic carbocycles. The Balaban J connectivity index is 2.01. The summed E-state index contributed by atoms with van der Waals surface area (Å²) in [6, 6.07) is 9.79. The Morgan fingerprint density at radius 2 is 2.15 bits per heavy atom. The maximum atomic E-state index is 5.69. The second-order valence-corrected chi connectivity index (χ2v) is 4.71. The fourth-order valence-corrected chi connectivity index (χ4v) is 2.17. The summed E-state index contributed by atoms with van der Waals surface area (Å²) in [7, 11) is 1.68. The monoisotopic (exact) mass is 287 g/mol. The lowest BCUT2D eigenvalue weighted by Gasteiger charge is -2.12. The van der Waals surface area contributed by atoms with Gasteiger partial charge in [0.2, 0.25) is 0 Å². The summed E-state index contributed by atoms with van der Waals surface area (Å²) < 4.78 is 5.33. The van der Waals surface area contributed by atoms with E-state index in [1.807, 2.05) is 24.3 Å². The SMILES string of the molecule is COc1ccccc1CCNc1cnccc1C(N)=S. The Kier molecular flexibility index (Phi) is 4.90. The number of hydrogen-bond donors (Lipinski definition) is 2. The summed E-state index contributed by atoms with van der Waals surface area (Å²) in [6.07, 6.45) is 4.26. The Labute approximate surface area is 124 Å². The molecule has 0 radical (unpaired) electrons. The third kappa shape index (κ3) is 3.45. The van der Waals surface area contributed by atoms with Crippen LogP contribution >= 0.6 is 12.2 Å². The molecule has 1 aromatic heterocycles. The molecular formula is C15H17N3OS. The molecule has 20 heavy (non-hydrogen) atoms. The van der Waals surface area contributed by atoms with Gasteiger partial charge in [-0.25, -0.2) is 0 Å². The number of methoxy groups -OCH3 is 1. The van der Waals surface area contributed by atoms with Crippen molar-refractivity contribution >= 4 is 22.9 Å². The summed E-state index contributed by atoms with van der Waals surface area (Å²) in [5, 5.41) is 3.31. The van der Waals surface area contributed by atoms with Gasteiger partial charge in [0.15, 0.2) is 0 Å². The maximum absolute atomic E-state index is 5.69. The van der Waals surface area contributed by atoms with Crippen LogP contribution in [0.15, 0.2) is 42.7 Å². The zero-order valence-corrected chi connectivity index (χ0v) is 12.1. The van der Waals surface area contributed by atoms with Gasteiger partial charge < -0.3 is 15.8 Å². The molecule has 0 unspecified atom stereocenters.